The predicted octanol–water partition coefficient (Wildman–Crippen LogP) is 4.63. The van der Waals surface area contributed by atoms with Crippen LogP contribution in [0.15, 0.2) is 130 Å². The van der Waals surface area contributed by atoms with Crippen molar-refractivity contribution >= 4 is 22.6 Å². The Morgan fingerprint density at radius 2 is 1.32 bits per heavy atom. The number of aromatic nitrogens is 2. The van der Waals surface area contributed by atoms with Gasteiger partial charge >= 0.3 is 0 Å². The summed E-state index contributed by atoms with van der Waals surface area (Å²) in [6, 6.07) is 34.5. The fourth-order valence-electron chi connectivity index (χ4n) is 4.77. The van der Waals surface area contributed by atoms with E-state index in [1.807, 2.05) is 92.7 Å². The molecule has 4 aromatic carbocycles. The molecule has 8 nitrogen and oxygen atoms in total. The van der Waals surface area contributed by atoms with Crippen molar-refractivity contribution in [1.82, 2.24) is 9.13 Å². The number of hydrogen-bond donors (Lipinski definition) is 0. The number of amides is 1. The summed E-state index contributed by atoms with van der Waals surface area (Å²) >= 11 is 0. The monoisotopic (exact) mass is 546 g/mol. The molecule has 0 saturated carbocycles. The minimum atomic E-state index is -0.723. The summed E-state index contributed by atoms with van der Waals surface area (Å²) in [5.74, 6) is -0.306. The first-order valence-electron chi connectivity index (χ1n) is 13.4. The third-order valence-corrected chi connectivity index (χ3v) is 6.62. The van der Waals surface area contributed by atoms with E-state index >= 15 is 0 Å². The molecular weight excluding hydrogens is 516 g/mol. The maximum Gasteiger partial charge on any atom is 0.290 e. The van der Waals surface area contributed by atoms with Crippen LogP contribution in [0.25, 0.3) is 16.7 Å². The Bertz CT molecular complexity index is 1850. The van der Waals surface area contributed by atoms with Crippen molar-refractivity contribution in [2.24, 2.45) is 5.16 Å². The van der Waals surface area contributed by atoms with Crippen molar-refractivity contribution in [3.63, 3.8) is 0 Å². The molecule has 0 spiro atoms. The molecule has 1 heterocycles. The molecule has 1 aromatic heterocycles. The SMILES string of the molecule is CC(C)N(C(=O)Cn1c(=O)c(=NOCc2ccccc2)c(=O)n(-c2ccccc2)c2ccccc21)c1ccccc1. The van der Waals surface area contributed by atoms with E-state index in [1.54, 1.807) is 41.3 Å². The summed E-state index contributed by atoms with van der Waals surface area (Å²) < 4.78 is 2.74. The lowest BCUT2D eigenvalue weighted by Crippen LogP contribution is -2.47. The van der Waals surface area contributed by atoms with Crippen molar-refractivity contribution in [3.05, 3.63) is 147 Å². The van der Waals surface area contributed by atoms with Crippen LogP contribution in [-0.4, -0.2) is 21.1 Å². The van der Waals surface area contributed by atoms with Gasteiger partial charge in [0.25, 0.3) is 11.1 Å². The highest BCUT2D eigenvalue weighted by Gasteiger charge is 2.22. The van der Waals surface area contributed by atoms with E-state index in [4.69, 9.17) is 4.84 Å². The molecule has 0 fully saturated rings. The zero-order chi connectivity index (χ0) is 28.8. The van der Waals surface area contributed by atoms with Gasteiger partial charge in [0.1, 0.15) is 13.2 Å². The average Bonchev–Trinajstić information content (AvgIpc) is 3.07. The molecule has 0 aliphatic carbocycles. The molecule has 0 aliphatic rings. The first kappa shape index (κ1) is 27.3. The van der Waals surface area contributed by atoms with Crippen LogP contribution in [0, 0.1) is 0 Å². The fourth-order valence-corrected chi connectivity index (χ4v) is 4.77. The molecular formula is C33H30N4O4. The molecule has 0 saturated heterocycles. The number of nitrogens with zero attached hydrogens (tertiary/aromatic N) is 4. The average molecular weight is 547 g/mol. The Kier molecular flexibility index (Phi) is 8.20. The highest BCUT2D eigenvalue weighted by molar-refractivity contribution is 5.94. The normalized spacial score (nSPS) is 11.5. The molecule has 0 N–H and O–H groups in total. The molecule has 0 aliphatic heterocycles. The largest absolute Gasteiger partial charge is 0.390 e. The van der Waals surface area contributed by atoms with Crippen molar-refractivity contribution in [2.75, 3.05) is 4.90 Å². The molecule has 5 aromatic rings. The maximum atomic E-state index is 14.1. The number of para-hydroxylation sites is 4. The molecule has 0 radical (unpaired) electrons. The molecule has 0 atom stereocenters. The number of carbonyl (C=O) groups is 1. The summed E-state index contributed by atoms with van der Waals surface area (Å²) in [4.78, 5) is 49.1. The second-order valence-electron chi connectivity index (χ2n) is 9.75. The molecule has 41 heavy (non-hydrogen) atoms. The summed E-state index contributed by atoms with van der Waals surface area (Å²) in [6.07, 6.45) is 0. The number of fused-ring (bicyclic) bond motifs is 1. The van der Waals surface area contributed by atoms with Gasteiger partial charge in [0.05, 0.1) is 11.0 Å². The summed E-state index contributed by atoms with van der Waals surface area (Å²) in [5, 5.41) is 3.64. The van der Waals surface area contributed by atoms with Crippen molar-refractivity contribution < 1.29 is 9.63 Å². The fraction of sp³-hybridized carbons (Fsp3) is 0.152. The Hall–Kier alpha value is -5.24. The lowest BCUT2D eigenvalue weighted by Gasteiger charge is -2.27. The number of hydrogen-bond acceptors (Lipinski definition) is 5. The van der Waals surface area contributed by atoms with Crippen molar-refractivity contribution in [3.8, 4) is 5.69 Å². The van der Waals surface area contributed by atoms with Gasteiger partial charge in [0.2, 0.25) is 11.3 Å². The number of carbonyl (C=O) groups excluding carboxylic acids is 1. The van der Waals surface area contributed by atoms with Gasteiger partial charge in [-0.05, 0) is 55.8 Å². The standard InChI is InChI=1S/C33H30N4O4/c1-24(2)36(26-16-8-4-9-17-26)30(38)22-35-28-20-12-13-21-29(28)37(27-18-10-5-11-19-27)33(40)31(32(35)39)34-41-23-25-14-6-3-7-15-25/h3-21,24H,22-23H2,1-2H3. The highest BCUT2D eigenvalue weighted by atomic mass is 16.6. The smallest absolute Gasteiger partial charge is 0.290 e. The van der Waals surface area contributed by atoms with E-state index in [9.17, 15) is 14.4 Å². The molecule has 0 unspecified atom stereocenters. The van der Waals surface area contributed by atoms with Gasteiger partial charge in [-0.2, -0.15) is 0 Å². The van der Waals surface area contributed by atoms with Gasteiger partial charge in [-0.3, -0.25) is 23.5 Å². The van der Waals surface area contributed by atoms with Crippen LogP contribution in [0.3, 0.4) is 0 Å². The van der Waals surface area contributed by atoms with Gasteiger partial charge < -0.3 is 9.74 Å². The van der Waals surface area contributed by atoms with E-state index in [2.05, 4.69) is 5.16 Å². The predicted molar refractivity (Wildman–Crippen MR) is 160 cm³/mol. The minimum absolute atomic E-state index is 0.0667. The van der Waals surface area contributed by atoms with Crippen LogP contribution >= 0.6 is 0 Å². The third-order valence-electron chi connectivity index (χ3n) is 6.62. The van der Waals surface area contributed by atoms with Gasteiger partial charge in [-0.1, -0.05) is 84.0 Å². The van der Waals surface area contributed by atoms with Gasteiger partial charge in [-0.25, -0.2) is 0 Å². The van der Waals surface area contributed by atoms with E-state index in [0.717, 1.165) is 5.56 Å². The molecule has 1 amide bonds. The summed E-state index contributed by atoms with van der Waals surface area (Å²) in [5.41, 5.74) is 1.58. The quantitative estimate of drug-likeness (QED) is 0.266. The Labute approximate surface area is 237 Å². The summed E-state index contributed by atoms with van der Waals surface area (Å²) in [6.45, 7) is 3.58. The highest BCUT2D eigenvalue weighted by Crippen LogP contribution is 2.19. The van der Waals surface area contributed by atoms with Crippen LogP contribution < -0.4 is 21.4 Å². The Balaban J connectivity index is 1.74. The van der Waals surface area contributed by atoms with E-state index in [0.29, 0.717) is 22.4 Å². The molecule has 0 bridgehead atoms. The lowest BCUT2D eigenvalue weighted by molar-refractivity contribution is -0.119. The topological polar surface area (TPSA) is 85.9 Å². The molecule has 206 valence electrons. The number of benzene rings is 4. The second kappa shape index (κ2) is 12.3. The third kappa shape index (κ3) is 5.86. The number of rotatable bonds is 8. The minimum Gasteiger partial charge on any atom is -0.390 e. The van der Waals surface area contributed by atoms with Gasteiger partial charge in [-0.15, -0.1) is 0 Å². The van der Waals surface area contributed by atoms with E-state index in [1.165, 1.54) is 9.13 Å². The zero-order valence-corrected chi connectivity index (χ0v) is 22.9. The molecule has 8 heteroatoms. The number of anilines is 1. The van der Waals surface area contributed by atoms with Crippen LogP contribution in [0.1, 0.15) is 19.4 Å². The van der Waals surface area contributed by atoms with E-state index in [-0.39, 0.29) is 25.1 Å². The van der Waals surface area contributed by atoms with Crippen molar-refractivity contribution in [1.29, 1.82) is 0 Å². The van der Waals surface area contributed by atoms with Crippen LogP contribution in [0.2, 0.25) is 0 Å². The van der Waals surface area contributed by atoms with Crippen molar-refractivity contribution in [2.45, 2.75) is 33.0 Å². The van der Waals surface area contributed by atoms with Gasteiger partial charge in [0, 0.05) is 17.4 Å². The van der Waals surface area contributed by atoms with E-state index < -0.39 is 16.5 Å². The van der Waals surface area contributed by atoms with Crippen LogP contribution in [0.4, 0.5) is 5.69 Å². The Morgan fingerprint density at radius 3 is 1.95 bits per heavy atom. The first-order chi connectivity index (χ1) is 20.0. The summed E-state index contributed by atoms with van der Waals surface area (Å²) in [7, 11) is 0. The zero-order valence-electron chi connectivity index (χ0n) is 22.9. The first-order valence-corrected chi connectivity index (χ1v) is 13.4. The van der Waals surface area contributed by atoms with Crippen LogP contribution in [-0.2, 0) is 22.8 Å². The van der Waals surface area contributed by atoms with Gasteiger partial charge in [0.15, 0.2) is 0 Å². The van der Waals surface area contributed by atoms with Crippen LogP contribution in [0.5, 0.6) is 0 Å². The molecule has 5 rings (SSSR count). The maximum absolute atomic E-state index is 14.1. The second-order valence-corrected chi connectivity index (χ2v) is 9.75. The lowest BCUT2D eigenvalue weighted by atomic mass is 10.2. The Morgan fingerprint density at radius 1 is 0.756 bits per heavy atom.